The van der Waals surface area contributed by atoms with Gasteiger partial charge in [-0.25, -0.2) is 9.37 Å². The molecule has 3 aromatic heterocycles. The quantitative estimate of drug-likeness (QED) is 0.446. The number of H-pyrrole nitrogens is 1. The maximum Gasteiger partial charge on any atom is 0.417 e. The smallest absolute Gasteiger partial charge is 0.340 e. The van der Waals surface area contributed by atoms with Crippen LogP contribution in [0.5, 0.6) is 0 Å². The van der Waals surface area contributed by atoms with Crippen LogP contribution in [0.15, 0.2) is 53.6 Å². The van der Waals surface area contributed by atoms with Gasteiger partial charge in [0.2, 0.25) is 5.95 Å². The minimum atomic E-state index is -4.51. The zero-order chi connectivity index (χ0) is 24.9. The first-order chi connectivity index (χ1) is 16.6. The predicted molar refractivity (Wildman–Crippen MR) is 121 cm³/mol. The largest absolute Gasteiger partial charge is 0.417 e. The number of aromatic amines is 1. The summed E-state index contributed by atoms with van der Waals surface area (Å²) < 4.78 is 53.4. The maximum atomic E-state index is 13.5. The van der Waals surface area contributed by atoms with E-state index in [4.69, 9.17) is 0 Å². The molecule has 182 valence electrons. The second kappa shape index (κ2) is 8.45. The van der Waals surface area contributed by atoms with Gasteiger partial charge in [0, 0.05) is 31.2 Å². The van der Waals surface area contributed by atoms with E-state index in [1.54, 1.807) is 12.1 Å². The van der Waals surface area contributed by atoms with Crippen LogP contribution in [0.2, 0.25) is 0 Å². The Hall–Kier alpha value is -3.80. The molecule has 4 heterocycles. The number of nitrogens with one attached hydrogen (secondary N) is 1. The van der Waals surface area contributed by atoms with E-state index in [9.17, 15) is 22.4 Å². The maximum absolute atomic E-state index is 13.5. The Morgan fingerprint density at radius 2 is 1.80 bits per heavy atom. The van der Waals surface area contributed by atoms with Crippen molar-refractivity contribution in [1.29, 1.82) is 0 Å². The number of likely N-dealkylation sites (N-methyl/N-ethyl adjacent to an activating group) is 1. The van der Waals surface area contributed by atoms with Crippen molar-refractivity contribution in [3.05, 3.63) is 76.1 Å². The minimum Gasteiger partial charge on any atom is -0.340 e. The second-order valence-corrected chi connectivity index (χ2v) is 8.68. The number of pyridine rings is 1. The molecule has 1 N–H and O–H groups in total. The molecule has 4 aromatic rings. The van der Waals surface area contributed by atoms with Gasteiger partial charge in [-0.3, -0.25) is 9.78 Å². The van der Waals surface area contributed by atoms with Gasteiger partial charge in [0.15, 0.2) is 11.5 Å². The van der Waals surface area contributed by atoms with Crippen LogP contribution < -0.4 is 10.5 Å². The number of nitrogens with zero attached hydrogens (tertiary/aromatic N) is 6. The highest BCUT2D eigenvalue weighted by Gasteiger charge is 2.36. The SMILES string of the molecule is CN(C)[C@@H]1CN(c2nc3c(cnn3-c3ccc(C(F)(F)F)cn3)c(=O)[nH]2)C[C@H]1c1ccc(F)cc1. The molecule has 2 atom stereocenters. The molecule has 1 fully saturated rings. The molecule has 0 unspecified atom stereocenters. The van der Waals surface area contributed by atoms with Crippen LogP contribution in [0.25, 0.3) is 16.9 Å². The number of fused-ring (bicyclic) bond motifs is 1. The van der Waals surface area contributed by atoms with Crippen LogP contribution in [0, 0.1) is 5.82 Å². The molecule has 0 saturated carbocycles. The van der Waals surface area contributed by atoms with E-state index in [0.29, 0.717) is 25.2 Å². The first-order valence-electron chi connectivity index (χ1n) is 10.8. The molecule has 1 aliphatic heterocycles. The van der Waals surface area contributed by atoms with Crippen molar-refractivity contribution in [2.24, 2.45) is 0 Å². The number of alkyl halides is 3. The molecule has 0 aliphatic carbocycles. The zero-order valence-electron chi connectivity index (χ0n) is 18.8. The van der Waals surface area contributed by atoms with E-state index in [1.165, 1.54) is 29.1 Å². The van der Waals surface area contributed by atoms with Gasteiger partial charge in [0.05, 0.1) is 11.8 Å². The normalized spacial score (nSPS) is 18.7. The van der Waals surface area contributed by atoms with Crippen molar-refractivity contribution in [1.82, 2.24) is 29.6 Å². The summed E-state index contributed by atoms with van der Waals surface area (Å²) in [6.07, 6.45) is -2.50. The summed E-state index contributed by atoms with van der Waals surface area (Å²) >= 11 is 0. The number of rotatable bonds is 4. The van der Waals surface area contributed by atoms with Crippen LogP contribution in [-0.2, 0) is 6.18 Å². The van der Waals surface area contributed by atoms with Gasteiger partial charge in [-0.1, -0.05) is 12.1 Å². The Morgan fingerprint density at radius 3 is 2.43 bits per heavy atom. The van der Waals surface area contributed by atoms with Crippen molar-refractivity contribution in [2.45, 2.75) is 18.1 Å². The summed E-state index contributed by atoms with van der Waals surface area (Å²) in [5.41, 5.74) is -0.157. The fraction of sp³-hybridized carbons (Fsp3) is 0.304. The number of hydrogen-bond donors (Lipinski definition) is 1. The minimum absolute atomic E-state index is 0.0353. The molecule has 1 saturated heterocycles. The van der Waals surface area contributed by atoms with Gasteiger partial charge in [0.1, 0.15) is 11.2 Å². The van der Waals surface area contributed by atoms with Crippen molar-refractivity contribution >= 4 is 17.0 Å². The van der Waals surface area contributed by atoms with Crippen LogP contribution in [0.4, 0.5) is 23.5 Å². The number of aromatic nitrogens is 5. The Kier molecular flexibility index (Phi) is 5.55. The van der Waals surface area contributed by atoms with Gasteiger partial charge in [-0.05, 0) is 43.9 Å². The number of anilines is 1. The number of benzene rings is 1. The zero-order valence-corrected chi connectivity index (χ0v) is 18.8. The lowest BCUT2D eigenvalue weighted by molar-refractivity contribution is -0.137. The third-order valence-corrected chi connectivity index (χ3v) is 6.27. The van der Waals surface area contributed by atoms with Crippen molar-refractivity contribution < 1.29 is 17.6 Å². The lowest BCUT2D eigenvalue weighted by Crippen LogP contribution is -2.35. The van der Waals surface area contributed by atoms with Crippen molar-refractivity contribution in [3.8, 4) is 5.82 Å². The summed E-state index contributed by atoms with van der Waals surface area (Å²) in [5.74, 6) is 0.140. The van der Waals surface area contributed by atoms with Crippen LogP contribution in [0.3, 0.4) is 0 Å². The highest BCUT2D eigenvalue weighted by molar-refractivity contribution is 5.76. The van der Waals surface area contributed by atoms with Gasteiger partial charge in [-0.15, -0.1) is 0 Å². The Morgan fingerprint density at radius 1 is 1.06 bits per heavy atom. The average Bonchev–Trinajstić information content (AvgIpc) is 3.44. The lowest BCUT2D eigenvalue weighted by Gasteiger charge is -2.25. The molecule has 35 heavy (non-hydrogen) atoms. The van der Waals surface area contributed by atoms with Gasteiger partial charge >= 0.3 is 6.18 Å². The van der Waals surface area contributed by atoms with E-state index in [1.807, 2.05) is 19.0 Å². The third-order valence-electron chi connectivity index (χ3n) is 6.27. The fourth-order valence-electron chi connectivity index (χ4n) is 4.42. The molecule has 0 bridgehead atoms. The summed E-state index contributed by atoms with van der Waals surface area (Å²) in [6.45, 7) is 1.08. The van der Waals surface area contributed by atoms with Crippen LogP contribution in [-0.4, -0.2) is 62.9 Å². The predicted octanol–water partition coefficient (Wildman–Crippen LogP) is 3.20. The Balaban J connectivity index is 1.51. The topological polar surface area (TPSA) is 82.9 Å². The summed E-state index contributed by atoms with van der Waals surface area (Å²) in [5, 5.41) is 4.32. The monoisotopic (exact) mass is 487 g/mol. The molecule has 8 nitrogen and oxygen atoms in total. The van der Waals surface area contributed by atoms with Gasteiger partial charge < -0.3 is 9.80 Å². The molecule has 1 aliphatic rings. The van der Waals surface area contributed by atoms with Crippen LogP contribution in [0.1, 0.15) is 17.0 Å². The molecule has 0 radical (unpaired) electrons. The molecule has 12 heteroatoms. The third kappa shape index (κ3) is 4.25. The lowest BCUT2D eigenvalue weighted by atomic mass is 9.94. The number of halogens is 4. The first kappa shape index (κ1) is 23.0. The highest BCUT2D eigenvalue weighted by Crippen LogP contribution is 2.33. The summed E-state index contributed by atoms with van der Waals surface area (Å²) in [7, 11) is 3.91. The fourth-order valence-corrected chi connectivity index (χ4v) is 4.42. The second-order valence-electron chi connectivity index (χ2n) is 8.68. The van der Waals surface area contributed by atoms with E-state index < -0.39 is 17.3 Å². The molecular weight excluding hydrogens is 466 g/mol. The van der Waals surface area contributed by atoms with E-state index in [0.717, 1.165) is 11.6 Å². The molecule has 0 spiro atoms. The van der Waals surface area contributed by atoms with Crippen molar-refractivity contribution in [2.75, 3.05) is 32.1 Å². The number of hydrogen-bond acceptors (Lipinski definition) is 6. The molecule has 5 rings (SSSR count). The molecule has 0 amide bonds. The van der Waals surface area contributed by atoms with E-state index >= 15 is 0 Å². The average molecular weight is 487 g/mol. The van der Waals surface area contributed by atoms with E-state index in [-0.39, 0.29) is 34.6 Å². The van der Waals surface area contributed by atoms with Gasteiger partial charge in [0.25, 0.3) is 5.56 Å². The first-order valence-corrected chi connectivity index (χ1v) is 10.8. The Labute approximate surface area is 196 Å². The van der Waals surface area contributed by atoms with Crippen LogP contribution >= 0.6 is 0 Å². The van der Waals surface area contributed by atoms with E-state index in [2.05, 4.69) is 25.0 Å². The Bertz CT molecular complexity index is 1410. The standard InChI is InChI=1S/C23H21F4N7O/c1-32(2)18-12-33(11-17(18)13-3-6-15(24)7-4-13)22-30-20-16(21(35)31-22)10-29-34(20)19-8-5-14(9-28-19)23(25,26)27/h3-10,17-18H,11-12H2,1-2H3,(H,30,31,35)/t17-,18+/m0/s1. The van der Waals surface area contributed by atoms with Gasteiger partial charge in [-0.2, -0.15) is 27.9 Å². The summed E-state index contributed by atoms with van der Waals surface area (Å²) in [4.78, 5) is 28.0. The molecular formula is C23H21F4N7O. The van der Waals surface area contributed by atoms with Crippen molar-refractivity contribution in [3.63, 3.8) is 0 Å². The summed E-state index contributed by atoms with van der Waals surface area (Å²) in [6, 6.07) is 8.51. The molecule has 1 aromatic carbocycles. The highest BCUT2D eigenvalue weighted by atomic mass is 19.4.